The second-order valence-corrected chi connectivity index (χ2v) is 1.10. The van der Waals surface area contributed by atoms with Gasteiger partial charge in [0.2, 0.25) is 0 Å². The summed E-state index contributed by atoms with van der Waals surface area (Å²) < 4.78 is 0. The van der Waals surface area contributed by atoms with E-state index in [0.717, 1.165) is 0 Å². The summed E-state index contributed by atoms with van der Waals surface area (Å²) in [5, 5.41) is 13.3. The summed E-state index contributed by atoms with van der Waals surface area (Å²) in [5.74, 6) is 0. The van der Waals surface area contributed by atoms with E-state index < -0.39 is 0 Å². The van der Waals surface area contributed by atoms with Crippen LogP contribution >= 0.6 is 17.0 Å². The average Bonchev–Trinajstić information content (AvgIpc) is 1.36. The van der Waals surface area contributed by atoms with Gasteiger partial charge in [-0.25, -0.2) is 6.92 Å². The predicted octanol–water partition coefficient (Wildman–Crippen LogP) is 1.46. The van der Waals surface area contributed by atoms with Crippen molar-refractivity contribution in [2.45, 2.75) is 6.92 Å². The topological polar surface area (TPSA) is 47.7 Å². The Bertz CT molecular complexity index is 80.0. The van der Waals surface area contributed by atoms with Crippen LogP contribution in [0.15, 0.2) is 0 Å². The van der Waals surface area contributed by atoms with Gasteiger partial charge in [-0.3, -0.25) is 0 Å². The molecule has 52 valence electrons. The predicted molar refractivity (Wildman–Crippen MR) is 36.8 cm³/mol. The zero-order valence-corrected chi connectivity index (χ0v) is 7.13. The first-order valence-corrected chi connectivity index (χ1v) is 1.60. The molecule has 0 aromatic heterocycles. The summed E-state index contributed by atoms with van der Waals surface area (Å²) in [5.41, 5.74) is 0.324. The zero-order valence-electron chi connectivity index (χ0n) is 4.43. The minimum absolute atomic E-state index is 0. The summed E-state index contributed by atoms with van der Waals surface area (Å²) in [6.45, 7) is 4.73. The minimum Gasteiger partial charge on any atom is -0.398 e. The van der Waals surface area contributed by atoms with Crippen LogP contribution in [-0.2, 0) is 16.5 Å². The molecule has 0 amide bonds. The van der Waals surface area contributed by atoms with E-state index in [0.29, 0.717) is 0 Å². The molecule has 0 aliphatic heterocycles. The first kappa shape index (κ1) is 15.7. The molecule has 0 atom stereocenters. The maximum absolute atomic E-state index is 6.66. The molecule has 2 N–H and O–H groups in total. The van der Waals surface area contributed by atoms with Crippen LogP contribution in [0.25, 0.3) is 0 Å². The van der Waals surface area contributed by atoms with Crippen molar-refractivity contribution >= 4 is 28.4 Å². The molecular weight excluding hydrogens is 215 g/mol. The molecule has 0 heterocycles. The molecule has 8 heavy (non-hydrogen) atoms. The summed E-state index contributed by atoms with van der Waals surface area (Å²) in [7, 11) is 0. The molecular formula is C4H8BrN2Ni-. The second kappa shape index (κ2) is 7.18. The molecule has 4 heteroatoms. The van der Waals surface area contributed by atoms with E-state index in [1.807, 2.05) is 0 Å². The molecule has 0 aromatic carbocycles. The Labute approximate surface area is 69.8 Å². The Morgan fingerprint density at radius 1 is 1.38 bits per heavy atom. The standard InChI is InChI=1S/C4H7N2.BrH.Ni/c1-3(5)4(2)6;;/h5-6H,1H2,2H3;1H;/q-1;;. The average molecular weight is 223 g/mol. The minimum atomic E-state index is 0. The molecule has 0 unspecified atom stereocenters. The molecule has 0 radical (unpaired) electrons. The van der Waals surface area contributed by atoms with Gasteiger partial charge >= 0.3 is 0 Å². The Balaban J connectivity index is -0.000000125. The van der Waals surface area contributed by atoms with Crippen LogP contribution in [0, 0.1) is 17.7 Å². The number of hydrogen-bond acceptors (Lipinski definition) is 2. The molecule has 2 nitrogen and oxygen atoms in total. The Morgan fingerprint density at radius 3 is 1.50 bits per heavy atom. The van der Waals surface area contributed by atoms with Gasteiger partial charge in [-0.2, -0.15) is 0 Å². The van der Waals surface area contributed by atoms with Gasteiger partial charge in [0.15, 0.2) is 0 Å². The summed E-state index contributed by atoms with van der Waals surface area (Å²) in [6, 6.07) is 0. The van der Waals surface area contributed by atoms with Crippen LogP contribution < -0.4 is 0 Å². The first-order chi connectivity index (χ1) is 2.64. The van der Waals surface area contributed by atoms with Gasteiger partial charge in [0.1, 0.15) is 0 Å². The van der Waals surface area contributed by atoms with Gasteiger partial charge < -0.3 is 10.8 Å². The van der Waals surface area contributed by atoms with Crippen molar-refractivity contribution in [3.8, 4) is 0 Å². The number of rotatable bonds is 1. The third kappa shape index (κ3) is 9.49. The van der Waals surface area contributed by atoms with Crippen molar-refractivity contribution in [1.82, 2.24) is 0 Å². The summed E-state index contributed by atoms with van der Waals surface area (Å²) in [6.07, 6.45) is 0. The van der Waals surface area contributed by atoms with Crippen LogP contribution in [0.2, 0.25) is 0 Å². The first-order valence-electron chi connectivity index (χ1n) is 1.60. The largest absolute Gasteiger partial charge is 0.398 e. The van der Waals surface area contributed by atoms with Gasteiger partial charge in [-0.1, -0.05) is 18.3 Å². The van der Waals surface area contributed by atoms with Crippen LogP contribution in [0.5, 0.6) is 0 Å². The zero-order chi connectivity index (χ0) is 5.15. The van der Waals surface area contributed by atoms with Crippen molar-refractivity contribution in [3.63, 3.8) is 0 Å². The van der Waals surface area contributed by atoms with E-state index in [-0.39, 0.29) is 44.9 Å². The normalized spacial score (nSPS) is 5.62. The van der Waals surface area contributed by atoms with Gasteiger partial charge in [-0.05, 0) is 0 Å². The fourth-order valence-electron chi connectivity index (χ4n) is 0. The van der Waals surface area contributed by atoms with E-state index in [2.05, 4.69) is 6.92 Å². The molecule has 0 rings (SSSR count). The molecule has 0 spiro atoms. The molecule has 0 fully saturated rings. The maximum atomic E-state index is 6.66. The van der Waals surface area contributed by atoms with Crippen LogP contribution in [0.4, 0.5) is 0 Å². The third-order valence-corrected chi connectivity index (χ3v) is 0.453. The van der Waals surface area contributed by atoms with E-state index in [4.69, 9.17) is 10.8 Å². The van der Waals surface area contributed by atoms with E-state index >= 15 is 0 Å². The smallest absolute Gasteiger partial charge is 0 e. The van der Waals surface area contributed by atoms with E-state index in [1.165, 1.54) is 6.92 Å². The van der Waals surface area contributed by atoms with Crippen LogP contribution in [0.1, 0.15) is 6.92 Å². The van der Waals surface area contributed by atoms with Crippen molar-refractivity contribution in [3.05, 3.63) is 6.92 Å². The third-order valence-electron chi connectivity index (χ3n) is 0.453. The Hall–Kier alpha value is 0.184. The SMILES string of the molecule is Br.[CH2-]C(=N)C(C)=N.[Ni]. The van der Waals surface area contributed by atoms with Crippen molar-refractivity contribution < 1.29 is 16.5 Å². The second-order valence-electron chi connectivity index (χ2n) is 1.10. The van der Waals surface area contributed by atoms with Crippen molar-refractivity contribution in [2.75, 3.05) is 0 Å². The number of halogens is 1. The molecule has 0 aliphatic carbocycles. The Morgan fingerprint density at radius 2 is 1.50 bits per heavy atom. The van der Waals surface area contributed by atoms with Gasteiger partial charge in [-0.15, -0.1) is 17.0 Å². The van der Waals surface area contributed by atoms with Crippen LogP contribution in [0.3, 0.4) is 0 Å². The maximum Gasteiger partial charge on any atom is 0 e. The quantitative estimate of drug-likeness (QED) is 0.384. The molecule has 0 saturated carbocycles. The monoisotopic (exact) mass is 221 g/mol. The summed E-state index contributed by atoms with van der Waals surface area (Å²) in [4.78, 5) is 0. The van der Waals surface area contributed by atoms with Gasteiger partial charge in [0, 0.05) is 16.5 Å². The Kier molecular flexibility index (Phi) is 14.1. The molecule has 0 aliphatic rings. The van der Waals surface area contributed by atoms with E-state index in [1.54, 1.807) is 0 Å². The van der Waals surface area contributed by atoms with Gasteiger partial charge in [0.05, 0.1) is 0 Å². The van der Waals surface area contributed by atoms with Crippen LogP contribution in [-0.4, -0.2) is 11.4 Å². The van der Waals surface area contributed by atoms with Crippen molar-refractivity contribution in [2.24, 2.45) is 0 Å². The fraction of sp³-hybridized carbons (Fsp3) is 0.250. The van der Waals surface area contributed by atoms with Gasteiger partial charge in [0.25, 0.3) is 0 Å². The molecule has 0 saturated heterocycles. The van der Waals surface area contributed by atoms with E-state index in [9.17, 15) is 0 Å². The number of hydrogen-bond donors (Lipinski definition) is 2. The molecule has 0 aromatic rings. The summed E-state index contributed by atoms with van der Waals surface area (Å²) >= 11 is 0. The van der Waals surface area contributed by atoms with Crippen molar-refractivity contribution in [1.29, 1.82) is 10.8 Å². The molecule has 0 bridgehead atoms. The number of nitrogens with one attached hydrogen (secondary N) is 2. The fourth-order valence-corrected chi connectivity index (χ4v) is 0.